The van der Waals surface area contributed by atoms with Crippen molar-refractivity contribution in [1.82, 2.24) is 9.62 Å². The number of aromatic carboxylic acids is 1. The van der Waals surface area contributed by atoms with E-state index in [4.69, 9.17) is 9.84 Å². The van der Waals surface area contributed by atoms with Crippen molar-refractivity contribution in [2.45, 2.75) is 38.6 Å². The summed E-state index contributed by atoms with van der Waals surface area (Å²) in [6.07, 6.45) is 2.15. The van der Waals surface area contributed by atoms with Crippen LogP contribution in [0.2, 0.25) is 0 Å². The Hall–Kier alpha value is -2.13. The average Bonchev–Trinajstić information content (AvgIpc) is 3.12. The summed E-state index contributed by atoms with van der Waals surface area (Å²) in [5.41, 5.74) is 0.895. The maximum absolute atomic E-state index is 12.5. The van der Waals surface area contributed by atoms with Crippen LogP contribution in [-0.4, -0.2) is 61.7 Å². The Bertz CT molecular complexity index is 793. The van der Waals surface area contributed by atoms with Crippen LogP contribution in [0.1, 0.15) is 42.1 Å². The molecule has 1 amide bonds. The van der Waals surface area contributed by atoms with E-state index in [1.165, 1.54) is 23.5 Å². The van der Waals surface area contributed by atoms with Crippen LogP contribution in [0.15, 0.2) is 18.2 Å². The molecule has 27 heavy (non-hydrogen) atoms. The molecule has 1 heterocycles. The van der Waals surface area contributed by atoms with Crippen LogP contribution in [0.25, 0.3) is 0 Å². The molecule has 1 aliphatic heterocycles. The number of sulfonamides is 1. The van der Waals surface area contributed by atoms with Gasteiger partial charge in [-0.2, -0.15) is 4.31 Å². The van der Waals surface area contributed by atoms with Crippen molar-refractivity contribution in [2.75, 3.05) is 26.0 Å². The molecule has 0 saturated carbocycles. The molecule has 8 nitrogen and oxygen atoms in total. The van der Waals surface area contributed by atoms with Crippen LogP contribution >= 0.6 is 0 Å². The lowest BCUT2D eigenvalue weighted by Crippen LogP contribution is -2.46. The summed E-state index contributed by atoms with van der Waals surface area (Å²) in [5, 5.41) is 11.8. The molecule has 1 atom stereocenters. The average molecular weight is 398 g/mol. The number of amides is 1. The number of hydrogen-bond donors (Lipinski definition) is 2. The van der Waals surface area contributed by atoms with Gasteiger partial charge >= 0.3 is 5.97 Å². The number of carbonyl (C=O) groups is 2. The second-order valence-electron chi connectivity index (χ2n) is 6.46. The molecular formula is C18H26N2O6S. The van der Waals surface area contributed by atoms with E-state index in [1.807, 2.05) is 0 Å². The van der Waals surface area contributed by atoms with Gasteiger partial charge in [0.1, 0.15) is 11.8 Å². The third-order valence-electron chi connectivity index (χ3n) is 4.55. The van der Waals surface area contributed by atoms with Crippen LogP contribution in [-0.2, 0) is 21.2 Å². The molecular weight excluding hydrogens is 372 g/mol. The first-order valence-corrected chi connectivity index (χ1v) is 10.6. The van der Waals surface area contributed by atoms with Gasteiger partial charge in [-0.3, -0.25) is 4.79 Å². The fraction of sp³-hybridized carbons (Fsp3) is 0.556. The van der Waals surface area contributed by atoms with Gasteiger partial charge in [0, 0.05) is 13.1 Å². The number of rotatable bonds is 9. The van der Waals surface area contributed by atoms with Crippen LogP contribution in [0.3, 0.4) is 0 Å². The van der Waals surface area contributed by atoms with Crippen molar-refractivity contribution < 1.29 is 27.9 Å². The lowest BCUT2D eigenvalue weighted by molar-refractivity contribution is -0.124. The van der Waals surface area contributed by atoms with Crippen LogP contribution in [0.5, 0.6) is 5.75 Å². The zero-order valence-corrected chi connectivity index (χ0v) is 16.4. The highest BCUT2D eigenvalue weighted by Crippen LogP contribution is 2.23. The molecule has 0 radical (unpaired) electrons. The maximum Gasteiger partial charge on any atom is 0.335 e. The molecule has 9 heteroatoms. The first kappa shape index (κ1) is 21.2. The molecule has 1 saturated heterocycles. The van der Waals surface area contributed by atoms with Crippen LogP contribution < -0.4 is 10.1 Å². The summed E-state index contributed by atoms with van der Waals surface area (Å²) in [6, 6.07) is 3.92. The zero-order valence-electron chi connectivity index (χ0n) is 15.6. The minimum absolute atomic E-state index is 0.0455. The minimum Gasteiger partial charge on any atom is -0.496 e. The molecule has 1 fully saturated rings. The maximum atomic E-state index is 12.5. The van der Waals surface area contributed by atoms with Crippen molar-refractivity contribution in [3.8, 4) is 5.75 Å². The first-order valence-electron chi connectivity index (χ1n) is 8.97. The topological polar surface area (TPSA) is 113 Å². The Labute approximate surface area is 159 Å². The molecule has 0 aliphatic carbocycles. The number of carboxylic acids is 1. The molecule has 1 unspecified atom stereocenters. The highest BCUT2D eigenvalue weighted by Gasteiger charge is 2.37. The third-order valence-corrected chi connectivity index (χ3v) is 6.63. The van der Waals surface area contributed by atoms with E-state index >= 15 is 0 Å². The Kier molecular flexibility index (Phi) is 7.20. The molecule has 1 aromatic rings. The van der Waals surface area contributed by atoms with E-state index in [9.17, 15) is 18.0 Å². The van der Waals surface area contributed by atoms with E-state index < -0.39 is 22.0 Å². The van der Waals surface area contributed by atoms with E-state index in [0.717, 1.165) is 5.56 Å². The van der Waals surface area contributed by atoms with Crippen molar-refractivity contribution >= 4 is 21.9 Å². The Balaban J connectivity index is 1.97. The largest absolute Gasteiger partial charge is 0.496 e. The molecule has 150 valence electrons. The summed E-state index contributed by atoms with van der Waals surface area (Å²) in [4.78, 5) is 23.5. The predicted octanol–water partition coefficient (Wildman–Crippen LogP) is 1.26. The molecule has 0 spiro atoms. The lowest BCUT2D eigenvalue weighted by atomic mass is 10.1. The quantitative estimate of drug-likeness (QED) is 0.647. The van der Waals surface area contributed by atoms with Gasteiger partial charge in [-0.05, 0) is 43.4 Å². The van der Waals surface area contributed by atoms with Gasteiger partial charge in [-0.25, -0.2) is 13.2 Å². The number of carbonyl (C=O) groups excluding carboxylic acids is 1. The van der Waals surface area contributed by atoms with Gasteiger partial charge < -0.3 is 15.2 Å². The Morgan fingerprint density at radius 1 is 1.37 bits per heavy atom. The van der Waals surface area contributed by atoms with Gasteiger partial charge in [0.05, 0.1) is 18.4 Å². The number of carboxylic acid groups (broad SMARTS) is 1. The Morgan fingerprint density at radius 2 is 2.11 bits per heavy atom. The van der Waals surface area contributed by atoms with Gasteiger partial charge in [-0.15, -0.1) is 0 Å². The summed E-state index contributed by atoms with van der Waals surface area (Å²) in [6.45, 7) is 2.48. The predicted molar refractivity (Wildman–Crippen MR) is 100 cm³/mol. The Morgan fingerprint density at radius 3 is 2.74 bits per heavy atom. The summed E-state index contributed by atoms with van der Waals surface area (Å²) < 4.78 is 31.1. The van der Waals surface area contributed by atoms with Crippen molar-refractivity contribution in [3.63, 3.8) is 0 Å². The monoisotopic (exact) mass is 398 g/mol. The molecule has 0 aromatic heterocycles. The van der Waals surface area contributed by atoms with Gasteiger partial charge in [0.25, 0.3) is 0 Å². The standard InChI is InChI=1S/C18H26N2O6S/c1-3-11-27(24,25)20-10-4-5-15(20)17(21)19-9-8-13-6-7-14(18(22)23)12-16(13)26-2/h6-7,12,15H,3-5,8-11H2,1-2H3,(H,19,21)(H,22,23). The van der Waals surface area contributed by atoms with E-state index in [1.54, 1.807) is 13.0 Å². The number of nitrogens with one attached hydrogen (secondary N) is 1. The van der Waals surface area contributed by atoms with E-state index in [2.05, 4.69) is 5.32 Å². The number of nitrogens with zero attached hydrogens (tertiary/aromatic N) is 1. The normalized spacial score (nSPS) is 17.6. The molecule has 1 aromatic carbocycles. The number of methoxy groups -OCH3 is 1. The van der Waals surface area contributed by atoms with Crippen molar-refractivity contribution in [1.29, 1.82) is 0 Å². The van der Waals surface area contributed by atoms with Gasteiger partial charge in [0.15, 0.2) is 0 Å². The molecule has 0 bridgehead atoms. The number of benzene rings is 1. The highest BCUT2D eigenvalue weighted by molar-refractivity contribution is 7.89. The zero-order chi connectivity index (χ0) is 20.0. The molecule has 2 N–H and O–H groups in total. The van der Waals surface area contributed by atoms with Crippen LogP contribution in [0, 0.1) is 0 Å². The minimum atomic E-state index is -3.41. The van der Waals surface area contributed by atoms with Crippen molar-refractivity contribution in [3.05, 3.63) is 29.3 Å². The van der Waals surface area contributed by atoms with Crippen molar-refractivity contribution in [2.24, 2.45) is 0 Å². The summed E-state index contributed by atoms with van der Waals surface area (Å²) in [5.74, 6) is -0.850. The fourth-order valence-electron chi connectivity index (χ4n) is 3.23. The molecule has 2 rings (SSSR count). The number of ether oxygens (including phenoxy) is 1. The van der Waals surface area contributed by atoms with E-state index in [0.29, 0.717) is 44.5 Å². The smallest absolute Gasteiger partial charge is 0.335 e. The first-order chi connectivity index (χ1) is 12.8. The number of hydrogen-bond acceptors (Lipinski definition) is 5. The summed E-state index contributed by atoms with van der Waals surface area (Å²) in [7, 11) is -1.95. The van der Waals surface area contributed by atoms with Crippen LogP contribution in [0.4, 0.5) is 0 Å². The highest BCUT2D eigenvalue weighted by atomic mass is 32.2. The fourth-order valence-corrected chi connectivity index (χ4v) is 4.98. The second-order valence-corrected chi connectivity index (χ2v) is 8.50. The van der Waals surface area contributed by atoms with Gasteiger partial charge in [-0.1, -0.05) is 13.0 Å². The summed E-state index contributed by atoms with van der Waals surface area (Å²) >= 11 is 0. The van der Waals surface area contributed by atoms with E-state index in [-0.39, 0.29) is 17.2 Å². The SMILES string of the molecule is CCCS(=O)(=O)N1CCCC1C(=O)NCCc1ccc(C(=O)O)cc1OC. The lowest BCUT2D eigenvalue weighted by Gasteiger charge is -2.23. The third kappa shape index (κ3) is 5.20. The molecule has 1 aliphatic rings. The second kappa shape index (κ2) is 9.18. The van der Waals surface area contributed by atoms with Gasteiger partial charge in [0.2, 0.25) is 15.9 Å².